The second kappa shape index (κ2) is 4.77. The minimum atomic E-state index is -0.269. The van der Waals surface area contributed by atoms with Gasteiger partial charge in [-0.2, -0.15) is 0 Å². The number of thiazole rings is 1. The van der Waals surface area contributed by atoms with Crippen LogP contribution in [-0.4, -0.2) is 32.8 Å². The summed E-state index contributed by atoms with van der Waals surface area (Å²) >= 11 is 1.38. The zero-order chi connectivity index (χ0) is 13.4. The van der Waals surface area contributed by atoms with E-state index in [1.165, 1.54) is 21.9 Å². The van der Waals surface area contributed by atoms with E-state index in [-0.39, 0.29) is 23.1 Å². The number of nitrogens with zero attached hydrogens (tertiary/aromatic N) is 3. The topological polar surface area (TPSA) is 54.7 Å². The Morgan fingerprint density at radius 3 is 3.11 bits per heavy atom. The molecule has 3 heterocycles. The lowest BCUT2D eigenvalue weighted by molar-refractivity contribution is 0.0633. The van der Waals surface area contributed by atoms with E-state index in [0.29, 0.717) is 4.96 Å². The number of rotatable bonds is 1. The van der Waals surface area contributed by atoms with Gasteiger partial charge in [-0.05, 0) is 26.2 Å². The van der Waals surface area contributed by atoms with Crippen LogP contribution in [0.5, 0.6) is 0 Å². The van der Waals surface area contributed by atoms with Crippen molar-refractivity contribution in [3.63, 3.8) is 0 Å². The van der Waals surface area contributed by atoms with Crippen molar-refractivity contribution in [2.75, 3.05) is 6.54 Å². The van der Waals surface area contributed by atoms with E-state index in [9.17, 15) is 9.59 Å². The second-order valence-corrected chi connectivity index (χ2v) is 5.75. The van der Waals surface area contributed by atoms with Crippen molar-refractivity contribution in [3.05, 3.63) is 33.7 Å². The molecular formula is C13H15N3O2S. The highest BCUT2D eigenvalue weighted by Gasteiger charge is 2.26. The molecule has 3 rings (SSSR count). The molecule has 1 aliphatic rings. The molecule has 19 heavy (non-hydrogen) atoms. The summed E-state index contributed by atoms with van der Waals surface area (Å²) in [5, 5.41) is 1.79. The molecule has 0 aliphatic carbocycles. The lowest BCUT2D eigenvalue weighted by Gasteiger charge is -2.33. The van der Waals surface area contributed by atoms with Gasteiger partial charge in [0.15, 0.2) is 4.96 Å². The third-order valence-electron chi connectivity index (χ3n) is 3.64. The fraction of sp³-hybridized carbons (Fsp3) is 0.462. The van der Waals surface area contributed by atoms with Crippen LogP contribution < -0.4 is 5.56 Å². The Hall–Kier alpha value is -1.69. The summed E-state index contributed by atoms with van der Waals surface area (Å²) in [5.74, 6) is -0.190. The fourth-order valence-electron chi connectivity index (χ4n) is 2.53. The molecule has 0 saturated carbocycles. The van der Waals surface area contributed by atoms with Crippen LogP contribution in [0.3, 0.4) is 0 Å². The highest BCUT2D eigenvalue weighted by molar-refractivity contribution is 7.15. The predicted octanol–water partition coefficient (Wildman–Crippen LogP) is 1.77. The first-order valence-electron chi connectivity index (χ1n) is 6.44. The number of hydrogen-bond acceptors (Lipinski definition) is 4. The van der Waals surface area contributed by atoms with Gasteiger partial charge in [-0.1, -0.05) is 0 Å². The van der Waals surface area contributed by atoms with Crippen molar-refractivity contribution < 1.29 is 4.79 Å². The van der Waals surface area contributed by atoms with Crippen LogP contribution in [0, 0.1) is 0 Å². The molecule has 0 aromatic carbocycles. The van der Waals surface area contributed by atoms with Crippen LogP contribution in [0.2, 0.25) is 0 Å². The van der Waals surface area contributed by atoms with E-state index < -0.39 is 0 Å². The molecule has 100 valence electrons. The highest BCUT2D eigenvalue weighted by Crippen LogP contribution is 2.18. The zero-order valence-corrected chi connectivity index (χ0v) is 11.5. The maximum Gasteiger partial charge on any atom is 0.271 e. The summed E-state index contributed by atoms with van der Waals surface area (Å²) in [6, 6.07) is 0.198. The van der Waals surface area contributed by atoms with Crippen LogP contribution in [0.15, 0.2) is 22.6 Å². The number of amides is 1. The Bertz CT molecular complexity index is 676. The van der Waals surface area contributed by atoms with Crippen LogP contribution in [0.25, 0.3) is 4.96 Å². The average molecular weight is 277 g/mol. The summed E-state index contributed by atoms with van der Waals surface area (Å²) in [6.07, 6.45) is 6.22. The Morgan fingerprint density at radius 2 is 2.32 bits per heavy atom. The van der Waals surface area contributed by atoms with E-state index in [2.05, 4.69) is 4.98 Å². The zero-order valence-electron chi connectivity index (χ0n) is 10.7. The Morgan fingerprint density at radius 1 is 1.47 bits per heavy atom. The summed E-state index contributed by atoms with van der Waals surface area (Å²) < 4.78 is 1.44. The SMILES string of the molecule is CC1CCCCN1C(=O)c1cnc2sccn2c1=O. The first kappa shape index (κ1) is 12.3. The van der Waals surface area contributed by atoms with E-state index in [4.69, 9.17) is 0 Å². The first-order chi connectivity index (χ1) is 9.18. The number of fused-ring (bicyclic) bond motifs is 1. The minimum absolute atomic E-state index is 0.171. The van der Waals surface area contributed by atoms with E-state index >= 15 is 0 Å². The Balaban J connectivity index is 2.01. The first-order valence-corrected chi connectivity index (χ1v) is 7.32. The van der Waals surface area contributed by atoms with Gasteiger partial charge in [0.2, 0.25) is 0 Å². The highest BCUT2D eigenvalue weighted by atomic mass is 32.1. The number of carbonyl (C=O) groups excluding carboxylic acids is 1. The van der Waals surface area contributed by atoms with Gasteiger partial charge in [0.25, 0.3) is 11.5 Å². The van der Waals surface area contributed by atoms with Crippen molar-refractivity contribution in [3.8, 4) is 0 Å². The maximum absolute atomic E-state index is 12.5. The van der Waals surface area contributed by atoms with E-state index in [1.807, 2.05) is 6.92 Å². The molecule has 1 saturated heterocycles. The molecular weight excluding hydrogens is 262 g/mol. The lowest BCUT2D eigenvalue weighted by Crippen LogP contribution is -2.44. The fourth-order valence-corrected chi connectivity index (χ4v) is 3.20. The summed E-state index contributed by atoms with van der Waals surface area (Å²) in [5.41, 5.74) is -0.0985. The van der Waals surface area contributed by atoms with Gasteiger partial charge in [-0.25, -0.2) is 4.98 Å². The molecule has 1 aliphatic heterocycles. The van der Waals surface area contributed by atoms with Crippen LogP contribution in [0.1, 0.15) is 36.5 Å². The van der Waals surface area contributed by atoms with Crippen molar-refractivity contribution in [1.29, 1.82) is 0 Å². The van der Waals surface area contributed by atoms with Crippen molar-refractivity contribution in [1.82, 2.24) is 14.3 Å². The molecule has 2 aromatic heterocycles. The Kier molecular flexibility index (Phi) is 3.10. The van der Waals surface area contributed by atoms with Gasteiger partial charge in [0.1, 0.15) is 5.56 Å². The van der Waals surface area contributed by atoms with Gasteiger partial charge < -0.3 is 4.90 Å². The van der Waals surface area contributed by atoms with Crippen molar-refractivity contribution >= 4 is 22.2 Å². The lowest BCUT2D eigenvalue weighted by atomic mass is 10.0. The second-order valence-electron chi connectivity index (χ2n) is 4.88. The number of piperidine rings is 1. The van der Waals surface area contributed by atoms with Gasteiger partial charge in [-0.3, -0.25) is 14.0 Å². The minimum Gasteiger partial charge on any atom is -0.336 e. The molecule has 0 bridgehead atoms. The summed E-state index contributed by atoms with van der Waals surface area (Å²) in [7, 11) is 0. The van der Waals surface area contributed by atoms with Gasteiger partial charge in [0.05, 0.1) is 0 Å². The molecule has 0 radical (unpaired) electrons. The monoisotopic (exact) mass is 277 g/mol. The average Bonchev–Trinajstić information content (AvgIpc) is 2.88. The number of carbonyl (C=O) groups is 1. The third-order valence-corrected chi connectivity index (χ3v) is 4.41. The van der Waals surface area contributed by atoms with Crippen molar-refractivity contribution in [2.45, 2.75) is 32.2 Å². The van der Waals surface area contributed by atoms with E-state index in [1.54, 1.807) is 16.5 Å². The van der Waals surface area contributed by atoms with Crippen LogP contribution in [-0.2, 0) is 0 Å². The third kappa shape index (κ3) is 2.06. The molecule has 1 amide bonds. The maximum atomic E-state index is 12.5. The van der Waals surface area contributed by atoms with Crippen LogP contribution in [0.4, 0.5) is 0 Å². The predicted molar refractivity (Wildman–Crippen MR) is 73.7 cm³/mol. The normalized spacial score (nSPS) is 19.8. The Labute approximate surface area is 114 Å². The summed E-state index contributed by atoms with van der Waals surface area (Å²) in [6.45, 7) is 2.76. The number of likely N-dealkylation sites (tertiary alicyclic amines) is 1. The molecule has 2 aromatic rings. The molecule has 1 fully saturated rings. The summed E-state index contributed by atoms with van der Waals surface area (Å²) in [4.78, 5) is 31.3. The van der Waals surface area contributed by atoms with E-state index in [0.717, 1.165) is 25.8 Å². The van der Waals surface area contributed by atoms with Crippen LogP contribution >= 0.6 is 11.3 Å². The molecule has 1 unspecified atom stereocenters. The molecule has 1 atom stereocenters. The number of aromatic nitrogens is 2. The largest absolute Gasteiger partial charge is 0.336 e. The van der Waals surface area contributed by atoms with Gasteiger partial charge in [0, 0.05) is 30.4 Å². The number of hydrogen-bond donors (Lipinski definition) is 0. The molecule has 6 heteroatoms. The molecule has 5 nitrogen and oxygen atoms in total. The standard InChI is InChI=1S/C13H15N3O2S/c1-9-4-2-3-5-15(9)11(17)10-8-14-13-16(12(10)18)6-7-19-13/h6-9H,2-5H2,1H3. The smallest absolute Gasteiger partial charge is 0.271 e. The van der Waals surface area contributed by atoms with Gasteiger partial charge in [-0.15, -0.1) is 11.3 Å². The van der Waals surface area contributed by atoms with Crippen molar-refractivity contribution in [2.24, 2.45) is 0 Å². The quantitative estimate of drug-likeness (QED) is 0.798. The molecule has 0 N–H and O–H groups in total. The molecule has 0 spiro atoms. The van der Waals surface area contributed by atoms with Gasteiger partial charge >= 0.3 is 0 Å².